The van der Waals surface area contributed by atoms with E-state index >= 15 is 0 Å². The molecule has 2 heterocycles. The molecule has 4 aromatic rings. The Bertz CT molecular complexity index is 1760. The summed E-state index contributed by atoms with van der Waals surface area (Å²) in [5, 5.41) is 5.60. The quantitative estimate of drug-likeness (QED) is 0.229. The molecule has 246 valence electrons. The van der Waals surface area contributed by atoms with Gasteiger partial charge in [-0.2, -0.15) is 0 Å². The van der Waals surface area contributed by atoms with Crippen LogP contribution in [0.2, 0.25) is 0 Å². The number of benzene rings is 3. The maximum atomic E-state index is 14.0. The van der Waals surface area contributed by atoms with Crippen molar-refractivity contribution in [3.63, 3.8) is 0 Å². The standard InChI is InChI=1S/C40H41N3O5/c1-27-40(48)43-34(18-15-30-13-8-14-32(23-30)35-25-31(21-22-41-35)17-20-38(46)42-27)37(45)26-33(24-29-11-6-3-7-12-29)39(47)36(44)19-16-28-9-4-2-5-10-28/h2-14,21-23,25,27,33-34H,15-20,24,26H2,1H3,(H,42,46)(H,43,48)/t27-,33+,34-/m0/s1. The molecule has 0 aliphatic carbocycles. The molecular weight excluding hydrogens is 602 g/mol. The topological polar surface area (TPSA) is 122 Å². The van der Waals surface area contributed by atoms with Gasteiger partial charge >= 0.3 is 0 Å². The van der Waals surface area contributed by atoms with Gasteiger partial charge < -0.3 is 10.6 Å². The summed E-state index contributed by atoms with van der Waals surface area (Å²) in [5.74, 6) is -3.07. The van der Waals surface area contributed by atoms with Gasteiger partial charge in [0.1, 0.15) is 6.04 Å². The highest BCUT2D eigenvalue weighted by Crippen LogP contribution is 2.23. The van der Waals surface area contributed by atoms with Gasteiger partial charge in [-0.3, -0.25) is 29.0 Å². The van der Waals surface area contributed by atoms with Crippen LogP contribution >= 0.6 is 0 Å². The minimum absolute atomic E-state index is 0.0494. The van der Waals surface area contributed by atoms with E-state index in [-0.39, 0.29) is 43.8 Å². The van der Waals surface area contributed by atoms with Gasteiger partial charge in [-0.05, 0) is 79.5 Å². The number of nitrogens with one attached hydrogen (secondary N) is 2. The first kappa shape index (κ1) is 34.1. The summed E-state index contributed by atoms with van der Waals surface area (Å²) in [6.45, 7) is 1.58. The second-order valence-electron chi connectivity index (χ2n) is 12.5. The van der Waals surface area contributed by atoms with E-state index in [1.165, 1.54) is 0 Å². The molecule has 8 heteroatoms. The normalized spacial score (nSPS) is 17.4. The van der Waals surface area contributed by atoms with Gasteiger partial charge in [0.2, 0.25) is 17.6 Å². The molecule has 8 nitrogen and oxygen atoms in total. The Morgan fingerprint density at radius 2 is 1.50 bits per heavy atom. The summed E-state index contributed by atoms with van der Waals surface area (Å²) < 4.78 is 0. The zero-order valence-corrected chi connectivity index (χ0v) is 27.2. The van der Waals surface area contributed by atoms with Crippen LogP contribution in [0.5, 0.6) is 0 Å². The molecule has 3 aromatic carbocycles. The van der Waals surface area contributed by atoms with Crippen LogP contribution in [-0.4, -0.2) is 46.2 Å². The third-order valence-electron chi connectivity index (χ3n) is 8.79. The lowest BCUT2D eigenvalue weighted by molar-refractivity contribution is -0.140. The van der Waals surface area contributed by atoms with Crippen LogP contribution in [0.4, 0.5) is 0 Å². The van der Waals surface area contributed by atoms with Gasteiger partial charge in [0.05, 0.1) is 11.7 Å². The van der Waals surface area contributed by atoms with Crippen molar-refractivity contribution in [3.8, 4) is 11.3 Å². The Morgan fingerprint density at radius 1 is 0.792 bits per heavy atom. The van der Waals surface area contributed by atoms with Crippen molar-refractivity contribution in [2.45, 2.75) is 70.4 Å². The largest absolute Gasteiger partial charge is 0.345 e. The van der Waals surface area contributed by atoms with Gasteiger partial charge in [0.25, 0.3) is 0 Å². The number of rotatable bonds is 10. The number of pyridine rings is 1. The van der Waals surface area contributed by atoms with E-state index in [9.17, 15) is 24.0 Å². The number of fused-ring (bicyclic) bond motifs is 5. The van der Waals surface area contributed by atoms with E-state index in [1.807, 2.05) is 97.1 Å². The molecule has 0 fully saturated rings. The molecule has 3 atom stereocenters. The summed E-state index contributed by atoms with van der Waals surface area (Å²) in [6.07, 6.45) is 3.64. The molecule has 2 amide bonds. The zero-order valence-electron chi connectivity index (χ0n) is 27.2. The molecule has 4 bridgehead atoms. The lowest BCUT2D eigenvalue weighted by Gasteiger charge is -2.23. The third-order valence-corrected chi connectivity index (χ3v) is 8.79. The molecule has 0 unspecified atom stereocenters. The van der Waals surface area contributed by atoms with Crippen molar-refractivity contribution in [2.24, 2.45) is 5.92 Å². The number of Topliss-reactive ketones (excluding diaryl/α,β-unsaturated/α-hetero) is 3. The van der Waals surface area contributed by atoms with Crippen LogP contribution in [0.1, 0.15) is 54.9 Å². The van der Waals surface area contributed by atoms with Gasteiger partial charge in [-0.15, -0.1) is 0 Å². The average molecular weight is 644 g/mol. The molecular formula is C40H41N3O5. The zero-order chi connectivity index (χ0) is 33.9. The summed E-state index contributed by atoms with van der Waals surface area (Å²) in [4.78, 5) is 71.4. The third kappa shape index (κ3) is 9.64. The smallest absolute Gasteiger partial charge is 0.242 e. The lowest BCUT2D eigenvalue weighted by Crippen LogP contribution is -2.51. The maximum Gasteiger partial charge on any atom is 0.242 e. The molecule has 2 N–H and O–H groups in total. The first-order valence-electron chi connectivity index (χ1n) is 16.6. The Balaban J connectivity index is 1.38. The average Bonchev–Trinajstić information content (AvgIpc) is 3.11. The van der Waals surface area contributed by atoms with Crippen molar-refractivity contribution in [2.75, 3.05) is 0 Å². The second kappa shape index (κ2) is 16.5. The van der Waals surface area contributed by atoms with Crippen LogP contribution < -0.4 is 10.6 Å². The number of aromatic nitrogens is 1. The van der Waals surface area contributed by atoms with Gasteiger partial charge in [-0.25, -0.2) is 0 Å². The predicted octanol–water partition coefficient (Wildman–Crippen LogP) is 5.21. The monoisotopic (exact) mass is 643 g/mol. The fraction of sp³-hybridized carbons (Fsp3) is 0.300. The SMILES string of the molecule is C[C@@H]1NC(=O)CCc2ccnc(c2)-c2cccc(c2)CC[C@@H](C(=O)C[C@@H](Cc2ccccc2)C(=O)C(=O)CCc2ccccc2)NC1=O. The van der Waals surface area contributed by atoms with E-state index in [0.29, 0.717) is 19.3 Å². The Labute approximate surface area is 281 Å². The van der Waals surface area contributed by atoms with Crippen molar-refractivity contribution in [3.05, 3.63) is 126 Å². The van der Waals surface area contributed by atoms with Gasteiger partial charge in [-0.1, -0.05) is 78.9 Å². The lowest BCUT2D eigenvalue weighted by atomic mass is 9.85. The summed E-state index contributed by atoms with van der Waals surface area (Å²) in [6, 6.07) is 28.7. The molecule has 1 aliphatic rings. The van der Waals surface area contributed by atoms with Crippen molar-refractivity contribution in [1.29, 1.82) is 0 Å². The van der Waals surface area contributed by atoms with E-state index < -0.39 is 35.5 Å². The Hall–Kier alpha value is -5.24. The number of aryl methyl sites for hydroxylation is 3. The molecule has 0 saturated heterocycles. The first-order valence-corrected chi connectivity index (χ1v) is 16.6. The summed E-state index contributed by atoms with van der Waals surface area (Å²) in [7, 11) is 0. The molecule has 0 spiro atoms. The van der Waals surface area contributed by atoms with Crippen molar-refractivity contribution in [1.82, 2.24) is 15.6 Å². The number of ketones is 3. The van der Waals surface area contributed by atoms with Crippen LogP contribution in [0, 0.1) is 5.92 Å². The molecule has 5 rings (SSSR count). The highest BCUT2D eigenvalue weighted by atomic mass is 16.2. The predicted molar refractivity (Wildman–Crippen MR) is 184 cm³/mol. The van der Waals surface area contributed by atoms with Gasteiger partial charge in [0.15, 0.2) is 11.6 Å². The van der Waals surface area contributed by atoms with Crippen molar-refractivity contribution >= 4 is 29.2 Å². The molecule has 0 saturated carbocycles. The number of carbonyl (C=O) groups excluding carboxylic acids is 5. The number of hydrogen-bond donors (Lipinski definition) is 2. The van der Waals surface area contributed by atoms with E-state index in [2.05, 4.69) is 15.6 Å². The second-order valence-corrected chi connectivity index (χ2v) is 12.5. The number of hydrogen-bond acceptors (Lipinski definition) is 6. The highest BCUT2D eigenvalue weighted by Gasteiger charge is 2.31. The van der Waals surface area contributed by atoms with Gasteiger partial charge in [0, 0.05) is 36.9 Å². The fourth-order valence-electron chi connectivity index (χ4n) is 6.03. The highest BCUT2D eigenvalue weighted by molar-refractivity contribution is 6.38. The molecule has 48 heavy (non-hydrogen) atoms. The minimum Gasteiger partial charge on any atom is -0.345 e. The van der Waals surface area contributed by atoms with E-state index in [4.69, 9.17) is 0 Å². The summed E-state index contributed by atoms with van der Waals surface area (Å²) >= 11 is 0. The molecule has 0 radical (unpaired) electrons. The van der Waals surface area contributed by atoms with E-state index in [1.54, 1.807) is 13.1 Å². The van der Waals surface area contributed by atoms with E-state index in [0.717, 1.165) is 33.5 Å². The van der Waals surface area contributed by atoms with Crippen LogP contribution in [0.25, 0.3) is 11.3 Å². The maximum absolute atomic E-state index is 14.0. The number of carbonyl (C=O) groups is 5. The van der Waals surface area contributed by atoms with Crippen LogP contribution in [0.15, 0.2) is 103 Å². The fourth-order valence-corrected chi connectivity index (χ4v) is 6.03. The molecule has 1 aromatic heterocycles. The Morgan fingerprint density at radius 3 is 2.25 bits per heavy atom. The molecule has 1 aliphatic heterocycles. The Kier molecular flexibility index (Phi) is 11.8. The first-order chi connectivity index (χ1) is 23.2. The number of nitrogens with zero attached hydrogens (tertiary/aromatic N) is 1. The minimum atomic E-state index is -0.930. The number of amides is 2. The van der Waals surface area contributed by atoms with Crippen LogP contribution in [0.3, 0.4) is 0 Å². The van der Waals surface area contributed by atoms with Crippen LogP contribution in [-0.2, 0) is 49.7 Å². The summed E-state index contributed by atoms with van der Waals surface area (Å²) in [5.41, 5.74) is 5.43. The van der Waals surface area contributed by atoms with Crippen molar-refractivity contribution < 1.29 is 24.0 Å².